The van der Waals surface area contributed by atoms with E-state index in [0.29, 0.717) is 27.5 Å². The van der Waals surface area contributed by atoms with Gasteiger partial charge in [0.05, 0.1) is 11.1 Å². The molecule has 2 amide bonds. The van der Waals surface area contributed by atoms with E-state index in [1.807, 2.05) is 24.3 Å². The number of aromatic nitrogens is 1. The number of amides is 2. The quantitative estimate of drug-likeness (QED) is 0.668. The fourth-order valence-electron chi connectivity index (χ4n) is 2.45. The molecule has 1 aromatic heterocycles. The first-order valence-corrected chi connectivity index (χ1v) is 8.85. The van der Waals surface area contributed by atoms with E-state index in [1.165, 1.54) is 24.0 Å². The molecule has 3 rings (SSSR count). The molecule has 0 spiro atoms. The molecule has 0 saturated heterocycles. The van der Waals surface area contributed by atoms with Crippen molar-refractivity contribution < 1.29 is 9.59 Å². The van der Waals surface area contributed by atoms with Crippen molar-refractivity contribution in [2.45, 2.75) is 13.3 Å². The van der Waals surface area contributed by atoms with Gasteiger partial charge in [-0.15, -0.1) is 0 Å². The van der Waals surface area contributed by atoms with Crippen molar-refractivity contribution in [3.8, 4) is 0 Å². The van der Waals surface area contributed by atoms with E-state index < -0.39 is 0 Å². The average Bonchev–Trinajstić information content (AvgIpc) is 2.70. The smallest absolute Gasteiger partial charge is 0.257 e. The molecule has 0 unspecified atom stereocenters. The average molecular weight is 380 g/mol. The maximum atomic E-state index is 12.4. The van der Waals surface area contributed by atoms with Crippen LogP contribution in [0.15, 0.2) is 67.0 Å². The monoisotopic (exact) mass is 379 g/mol. The van der Waals surface area contributed by atoms with Crippen molar-refractivity contribution in [3.05, 3.63) is 88.7 Å². The Hall–Kier alpha value is -3.18. The van der Waals surface area contributed by atoms with Crippen LogP contribution in [-0.4, -0.2) is 16.8 Å². The lowest BCUT2D eigenvalue weighted by atomic mass is 10.1. The fraction of sp³-hybridized carbons (Fsp3) is 0.0952. The molecule has 0 aliphatic rings. The third kappa shape index (κ3) is 4.92. The summed E-state index contributed by atoms with van der Waals surface area (Å²) in [5, 5.41) is 6.13. The summed E-state index contributed by atoms with van der Waals surface area (Å²) in [7, 11) is 0. The largest absolute Gasteiger partial charge is 0.322 e. The lowest BCUT2D eigenvalue weighted by Gasteiger charge is -2.08. The summed E-state index contributed by atoms with van der Waals surface area (Å²) in [5.41, 5.74) is 3.08. The van der Waals surface area contributed by atoms with Gasteiger partial charge >= 0.3 is 0 Å². The van der Waals surface area contributed by atoms with Crippen LogP contribution in [0, 0.1) is 0 Å². The molecule has 2 aromatic carbocycles. The molecule has 0 fully saturated rings. The Bertz CT molecular complexity index is 954. The minimum Gasteiger partial charge on any atom is -0.322 e. The van der Waals surface area contributed by atoms with Crippen molar-refractivity contribution in [2.75, 3.05) is 10.6 Å². The Balaban J connectivity index is 1.70. The van der Waals surface area contributed by atoms with Gasteiger partial charge < -0.3 is 10.6 Å². The molecule has 2 N–H and O–H groups in total. The zero-order valence-corrected chi connectivity index (χ0v) is 15.5. The predicted molar refractivity (Wildman–Crippen MR) is 107 cm³/mol. The van der Waals surface area contributed by atoms with Crippen LogP contribution >= 0.6 is 11.6 Å². The Morgan fingerprint density at radius 3 is 1.81 bits per heavy atom. The minimum atomic E-state index is -0.355. The normalized spacial score (nSPS) is 10.3. The van der Waals surface area contributed by atoms with E-state index >= 15 is 0 Å². The topological polar surface area (TPSA) is 71.1 Å². The van der Waals surface area contributed by atoms with Crippen LogP contribution in [0.1, 0.15) is 33.2 Å². The highest BCUT2D eigenvalue weighted by Gasteiger charge is 2.12. The summed E-state index contributed by atoms with van der Waals surface area (Å²) in [6.45, 7) is 2.07. The number of hydrogen-bond acceptors (Lipinski definition) is 3. The number of carbonyl (C=O) groups is 2. The van der Waals surface area contributed by atoms with Gasteiger partial charge in [-0.2, -0.15) is 0 Å². The van der Waals surface area contributed by atoms with E-state index in [0.717, 1.165) is 6.42 Å². The van der Waals surface area contributed by atoms with Crippen LogP contribution < -0.4 is 10.6 Å². The highest BCUT2D eigenvalue weighted by Crippen LogP contribution is 2.15. The van der Waals surface area contributed by atoms with E-state index in [9.17, 15) is 9.59 Å². The van der Waals surface area contributed by atoms with Crippen LogP contribution in [0.2, 0.25) is 5.02 Å². The Morgan fingerprint density at radius 2 is 1.33 bits per heavy atom. The molecule has 0 aliphatic carbocycles. The van der Waals surface area contributed by atoms with Crippen LogP contribution in [0.3, 0.4) is 0 Å². The van der Waals surface area contributed by atoms with Gasteiger partial charge in [0, 0.05) is 28.8 Å². The molecular formula is C21H18ClN3O2. The molecule has 5 nitrogen and oxygen atoms in total. The SMILES string of the molecule is CCc1ccc(NC(=O)c2cncc(C(=O)Nc3ccc(Cl)cc3)c2)cc1. The molecule has 27 heavy (non-hydrogen) atoms. The van der Waals surface area contributed by atoms with Gasteiger partial charge in [0.25, 0.3) is 11.8 Å². The predicted octanol–water partition coefficient (Wildman–Crippen LogP) is 4.80. The minimum absolute atomic E-state index is 0.291. The van der Waals surface area contributed by atoms with Crippen molar-refractivity contribution in [1.29, 1.82) is 0 Å². The Labute approximate surface area is 162 Å². The second kappa shape index (κ2) is 8.47. The highest BCUT2D eigenvalue weighted by atomic mass is 35.5. The number of aryl methyl sites for hydroxylation is 1. The second-order valence-electron chi connectivity index (χ2n) is 5.93. The number of nitrogens with one attached hydrogen (secondary N) is 2. The number of rotatable bonds is 5. The Kier molecular flexibility index (Phi) is 5.84. The molecule has 3 aromatic rings. The van der Waals surface area contributed by atoms with Gasteiger partial charge in [0.2, 0.25) is 0 Å². The van der Waals surface area contributed by atoms with E-state index in [4.69, 9.17) is 11.6 Å². The van der Waals surface area contributed by atoms with Crippen molar-refractivity contribution in [3.63, 3.8) is 0 Å². The van der Waals surface area contributed by atoms with Crippen molar-refractivity contribution in [2.24, 2.45) is 0 Å². The first-order valence-electron chi connectivity index (χ1n) is 8.47. The summed E-state index contributed by atoms with van der Waals surface area (Å²) >= 11 is 5.84. The third-order valence-electron chi connectivity index (χ3n) is 3.98. The van der Waals surface area contributed by atoms with Gasteiger partial charge in [0.1, 0.15) is 0 Å². The van der Waals surface area contributed by atoms with Gasteiger partial charge in [-0.3, -0.25) is 14.6 Å². The lowest BCUT2D eigenvalue weighted by Crippen LogP contribution is -2.16. The standard InChI is InChI=1S/C21H18ClN3O2/c1-2-14-3-7-18(8-4-14)24-20(26)15-11-16(13-23-12-15)21(27)25-19-9-5-17(22)6-10-19/h3-13H,2H2,1H3,(H,24,26)(H,25,27). The van der Waals surface area contributed by atoms with Crippen LogP contribution in [0.4, 0.5) is 11.4 Å². The van der Waals surface area contributed by atoms with Crippen molar-refractivity contribution in [1.82, 2.24) is 4.98 Å². The molecule has 0 saturated carbocycles. The zero-order chi connectivity index (χ0) is 19.2. The summed E-state index contributed by atoms with van der Waals surface area (Å²) < 4.78 is 0. The molecule has 6 heteroatoms. The van der Waals surface area contributed by atoms with Gasteiger partial charge in [-0.25, -0.2) is 0 Å². The number of halogens is 1. The van der Waals surface area contributed by atoms with Gasteiger partial charge in [-0.05, 0) is 54.4 Å². The Morgan fingerprint density at radius 1 is 0.852 bits per heavy atom. The number of nitrogens with zero attached hydrogens (tertiary/aromatic N) is 1. The number of hydrogen-bond donors (Lipinski definition) is 2. The second-order valence-corrected chi connectivity index (χ2v) is 6.36. The molecule has 0 atom stereocenters. The van der Waals surface area contributed by atoms with Gasteiger partial charge in [0.15, 0.2) is 0 Å². The summed E-state index contributed by atoms with van der Waals surface area (Å²) in [4.78, 5) is 28.8. The first kappa shape index (κ1) is 18.6. The lowest BCUT2D eigenvalue weighted by molar-refractivity contribution is 0.102. The molecular weight excluding hydrogens is 362 g/mol. The molecule has 0 bridgehead atoms. The number of carbonyl (C=O) groups excluding carboxylic acids is 2. The molecule has 0 aliphatic heterocycles. The molecule has 1 heterocycles. The van der Waals surface area contributed by atoms with E-state index in [2.05, 4.69) is 22.5 Å². The number of anilines is 2. The van der Waals surface area contributed by atoms with Gasteiger partial charge in [-0.1, -0.05) is 30.7 Å². The highest BCUT2D eigenvalue weighted by molar-refractivity contribution is 6.30. The molecule has 0 radical (unpaired) electrons. The maximum absolute atomic E-state index is 12.4. The maximum Gasteiger partial charge on any atom is 0.257 e. The van der Waals surface area contributed by atoms with E-state index in [1.54, 1.807) is 24.3 Å². The van der Waals surface area contributed by atoms with E-state index in [-0.39, 0.29) is 11.8 Å². The van der Waals surface area contributed by atoms with Crippen LogP contribution in [0.5, 0.6) is 0 Å². The fourth-order valence-corrected chi connectivity index (χ4v) is 2.58. The summed E-state index contributed by atoms with van der Waals surface area (Å²) in [6, 6.07) is 15.9. The third-order valence-corrected chi connectivity index (χ3v) is 4.24. The van der Waals surface area contributed by atoms with Crippen LogP contribution in [-0.2, 0) is 6.42 Å². The summed E-state index contributed by atoms with van der Waals surface area (Å²) in [5.74, 6) is -0.681. The summed E-state index contributed by atoms with van der Waals surface area (Å²) in [6.07, 6.45) is 3.77. The number of benzene rings is 2. The first-order chi connectivity index (χ1) is 13.0. The number of pyridine rings is 1. The molecule has 136 valence electrons. The van der Waals surface area contributed by atoms with Crippen molar-refractivity contribution >= 4 is 34.8 Å². The van der Waals surface area contributed by atoms with Crippen LogP contribution in [0.25, 0.3) is 0 Å². The zero-order valence-electron chi connectivity index (χ0n) is 14.7.